The minimum absolute atomic E-state index is 0.130. The fraction of sp³-hybridized carbons (Fsp3) is 0.400. The van der Waals surface area contributed by atoms with Gasteiger partial charge in [0.2, 0.25) is 0 Å². The van der Waals surface area contributed by atoms with E-state index < -0.39 is 4.92 Å². The number of terminal acetylenes is 1. The van der Waals surface area contributed by atoms with Crippen LogP contribution in [0.3, 0.4) is 0 Å². The molecule has 1 saturated carbocycles. The van der Waals surface area contributed by atoms with E-state index in [0.717, 1.165) is 6.54 Å². The van der Waals surface area contributed by atoms with Crippen LogP contribution in [0.2, 0.25) is 0 Å². The number of hydrogen-bond donors (Lipinski definition) is 0. The number of rotatable bonds is 6. The van der Waals surface area contributed by atoms with Crippen molar-refractivity contribution in [3.8, 4) is 12.3 Å². The van der Waals surface area contributed by atoms with E-state index in [-0.39, 0.29) is 17.0 Å². The van der Waals surface area contributed by atoms with Gasteiger partial charge < -0.3 is 4.90 Å². The van der Waals surface area contributed by atoms with Crippen molar-refractivity contribution < 1.29 is 9.72 Å². The highest BCUT2D eigenvalue weighted by molar-refractivity contribution is 5.98. The van der Waals surface area contributed by atoms with Gasteiger partial charge in [-0.25, -0.2) is 0 Å². The molecule has 0 saturated heterocycles. The third-order valence-electron chi connectivity index (χ3n) is 3.38. The Morgan fingerprint density at radius 1 is 1.55 bits per heavy atom. The summed E-state index contributed by atoms with van der Waals surface area (Å²) in [6.45, 7) is 2.54. The Labute approximate surface area is 117 Å². The molecule has 0 unspecified atom stereocenters. The normalized spacial score (nSPS) is 13.6. The fourth-order valence-corrected chi connectivity index (χ4v) is 2.15. The zero-order valence-electron chi connectivity index (χ0n) is 11.3. The standard InChI is InChI=1S/C15H16N2O3/c1-3-8-16(10-12-4-5-12)13-6-7-14(11(2)18)15(9-13)17(19)20/h1,6-7,9,12H,4-5,8,10H2,2H3. The van der Waals surface area contributed by atoms with Crippen LogP contribution in [0.5, 0.6) is 0 Å². The van der Waals surface area contributed by atoms with Crippen LogP contribution in [0, 0.1) is 28.4 Å². The number of benzene rings is 1. The molecule has 1 aromatic rings. The van der Waals surface area contributed by atoms with Crippen LogP contribution in [0.15, 0.2) is 18.2 Å². The highest BCUT2D eigenvalue weighted by atomic mass is 16.6. The van der Waals surface area contributed by atoms with E-state index in [9.17, 15) is 14.9 Å². The van der Waals surface area contributed by atoms with Crippen molar-refractivity contribution in [1.82, 2.24) is 0 Å². The van der Waals surface area contributed by atoms with E-state index in [0.29, 0.717) is 18.2 Å². The van der Waals surface area contributed by atoms with Crippen LogP contribution in [-0.4, -0.2) is 23.8 Å². The molecule has 5 heteroatoms. The summed E-state index contributed by atoms with van der Waals surface area (Å²) in [4.78, 5) is 23.9. The van der Waals surface area contributed by atoms with Gasteiger partial charge in [0, 0.05) is 18.3 Å². The van der Waals surface area contributed by atoms with Crippen molar-refractivity contribution in [2.45, 2.75) is 19.8 Å². The van der Waals surface area contributed by atoms with Gasteiger partial charge in [0.25, 0.3) is 5.69 Å². The van der Waals surface area contributed by atoms with Crippen LogP contribution in [0.25, 0.3) is 0 Å². The molecule has 0 atom stereocenters. The molecule has 0 aromatic heterocycles. The van der Waals surface area contributed by atoms with Crippen molar-refractivity contribution in [3.63, 3.8) is 0 Å². The Morgan fingerprint density at radius 2 is 2.25 bits per heavy atom. The summed E-state index contributed by atoms with van der Waals surface area (Å²) in [5, 5.41) is 11.1. The van der Waals surface area contributed by atoms with Crippen molar-refractivity contribution in [2.75, 3.05) is 18.0 Å². The number of hydrogen-bond acceptors (Lipinski definition) is 4. The van der Waals surface area contributed by atoms with E-state index in [4.69, 9.17) is 6.42 Å². The average molecular weight is 272 g/mol. The lowest BCUT2D eigenvalue weighted by Gasteiger charge is -2.22. The summed E-state index contributed by atoms with van der Waals surface area (Å²) in [7, 11) is 0. The first-order valence-corrected chi connectivity index (χ1v) is 6.50. The number of carbonyl (C=O) groups excluding carboxylic acids is 1. The number of anilines is 1. The van der Waals surface area contributed by atoms with Crippen LogP contribution in [0.1, 0.15) is 30.1 Å². The zero-order valence-corrected chi connectivity index (χ0v) is 11.3. The van der Waals surface area contributed by atoms with Crippen molar-refractivity contribution in [1.29, 1.82) is 0 Å². The summed E-state index contributed by atoms with van der Waals surface area (Å²) in [6, 6.07) is 4.67. The Hall–Kier alpha value is -2.35. The first-order valence-electron chi connectivity index (χ1n) is 6.50. The molecule has 104 valence electrons. The van der Waals surface area contributed by atoms with E-state index in [1.165, 1.54) is 31.9 Å². The molecular weight excluding hydrogens is 256 g/mol. The molecule has 0 heterocycles. The highest BCUT2D eigenvalue weighted by Crippen LogP contribution is 2.33. The van der Waals surface area contributed by atoms with Crippen LogP contribution in [-0.2, 0) is 0 Å². The Bertz CT molecular complexity index is 585. The quantitative estimate of drug-likeness (QED) is 0.345. The van der Waals surface area contributed by atoms with Gasteiger partial charge in [0.1, 0.15) is 0 Å². The summed E-state index contributed by atoms with van der Waals surface area (Å²) in [5.74, 6) is 2.88. The molecule has 0 bridgehead atoms. The van der Waals surface area contributed by atoms with E-state index >= 15 is 0 Å². The lowest BCUT2D eigenvalue weighted by Crippen LogP contribution is -2.26. The number of nitro benzene ring substituents is 1. The lowest BCUT2D eigenvalue weighted by molar-refractivity contribution is -0.385. The van der Waals surface area contributed by atoms with Gasteiger partial charge >= 0.3 is 0 Å². The second kappa shape index (κ2) is 5.74. The van der Waals surface area contributed by atoms with Gasteiger partial charge in [0.15, 0.2) is 5.78 Å². The highest BCUT2D eigenvalue weighted by Gasteiger charge is 2.26. The summed E-state index contributed by atoms with van der Waals surface area (Å²) < 4.78 is 0. The van der Waals surface area contributed by atoms with Gasteiger partial charge in [0.05, 0.1) is 17.0 Å². The number of carbonyl (C=O) groups is 1. The predicted octanol–water partition coefficient (Wildman–Crippen LogP) is 2.65. The fourth-order valence-electron chi connectivity index (χ4n) is 2.15. The monoisotopic (exact) mass is 272 g/mol. The smallest absolute Gasteiger partial charge is 0.282 e. The first-order chi connectivity index (χ1) is 9.52. The molecule has 0 N–H and O–H groups in total. The second-order valence-electron chi connectivity index (χ2n) is 5.04. The molecular formula is C15H16N2O3. The second-order valence-corrected chi connectivity index (χ2v) is 5.04. The maximum absolute atomic E-state index is 11.4. The third-order valence-corrected chi connectivity index (χ3v) is 3.38. The molecule has 1 aromatic carbocycles. The summed E-state index contributed by atoms with van der Waals surface area (Å²) in [6.07, 6.45) is 7.71. The lowest BCUT2D eigenvalue weighted by atomic mass is 10.1. The molecule has 1 aliphatic carbocycles. The molecule has 20 heavy (non-hydrogen) atoms. The minimum Gasteiger partial charge on any atom is -0.360 e. The number of ketones is 1. The molecule has 2 rings (SSSR count). The summed E-state index contributed by atoms with van der Waals surface area (Å²) >= 11 is 0. The van der Waals surface area contributed by atoms with Crippen molar-refractivity contribution in [2.24, 2.45) is 5.92 Å². The Morgan fingerprint density at radius 3 is 2.75 bits per heavy atom. The zero-order chi connectivity index (χ0) is 14.7. The van der Waals surface area contributed by atoms with Gasteiger partial charge in [-0.15, -0.1) is 6.42 Å². The molecule has 0 radical (unpaired) electrons. The maximum atomic E-state index is 11.4. The molecule has 1 aliphatic rings. The Kier molecular flexibility index (Phi) is 4.04. The van der Waals surface area contributed by atoms with Crippen LogP contribution >= 0.6 is 0 Å². The number of Topliss-reactive ketones (excluding diaryl/α,β-unsaturated/α-hetero) is 1. The Balaban J connectivity index is 2.34. The van der Waals surface area contributed by atoms with Crippen molar-refractivity contribution in [3.05, 3.63) is 33.9 Å². The van der Waals surface area contributed by atoms with Gasteiger partial charge in [-0.05, 0) is 37.8 Å². The first kappa shape index (κ1) is 14.1. The van der Waals surface area contributed by atoms with Crippen LogP contribution < -0.4 is 4.90 Å². The van der Waals surface area contributed by atoms with E-state index in [1.807, 2.05) is 4.90 Å². The van der Waals surface area contributed by atoms with Crippen LogP contribution in [0.4, 0.5) is 11.4 Å². The maximum Gasteiger partial charge on any atom is 0.282 e. The molecule has 5 nitrogen and oxygen atoms in total. The third kappa shape index (κ3) is 3.15. The summed E-state index contributed by atoms with van der Waals surface area (Å²) in [5.41, 5.74) is 0.671. The largest absolute Gasteiger partial charge is 0.360 e. The molecule has 0 spiro atoms. The van der Waals surface area contributed by atoms with Gasteiger partial charge in [-0.3, -0.25) is 14.9 Å². The predicted molar refractivity (Wildman–Crippen MR) is 76.9 cm³/mol. The SMILES string of the molecule is C#CCN(CC1CC1)c1ccc(C(C)=O)c([N+](=O)[O-])c1. The van der Waals surface area contributed by atoms with Crippen molar-refractivity contribution >= 4 is 17.2 Å². The number of nitrogens with zero attached hydrogens (tertiary/aromatic N) is 2. The average Bonchev–Trinajstić information content (AvgIpc) is 3.21. The van der Waals surface area contributed by atoms with Gasteiger partial charge in [-0.2, -0.15) is 0 Å². The van der Waals surface area contributed by atoms with E-state index in [1.54, 1.807) is 6.07 Å². The topological polar surface area (TPSA) is 63.5 Å². The molecule has 0 amide bonds. The van der Waals surface area contributed by atoms with Gasteiger partial charge in [-0.1, -0.05) is 5.92 Å². The molecule has 0 aliphatic heterocycles. The minimum atomic E-state index is -0.522. The van der Waals surface area contributed by atoms with E-state index in [2.05, 4.69) is 5.92 Å². The molecule has 1 fully saturated rings. The number of nitro groups is 1.